The van der Waals surface area contributed by atoms with Gasteiger partial charge in [-0.25, -0.2) is 8.42 Å². The molecule has 2 saturated heterocycles. The van der Waals surface area contributed by atoms with Crippen molar-refractivity contribution in [1.29, 1.82) is 0 Å². The van der Waals surface area contributed by atoms with Crippen LogP contribution in [0, 0.1) is 5.92 Å². The largest absolute Gasteiger partial charge is 0.378 e. The van der Waals surface area contributed by atoms with Crippen LogP contribution in [0.25, 0.3) is 0 Å². The van der Waals surface area contributed by atoms with E-state index in [9.17, 15) is 13.2 Å². The van der Waals surface area contributed by atoms with Crippen molar-refractivity contribution in [3.05, 3.63) is 14.7 Å². The Hall–Kier alpha value is -0.380. The van der Waals surface area contributed by atoms with Crippen molar-refractivity contribution in [2.45, 2.75) is 17.7 Å². The Bertz CT molecular complexity index is 716. The van der Waals surface area contributed by atoms with Gasteiger partial charge in [-0.15, -0.1) is 11.3 Å². The first-order chi connectivity index (χ1) is 11.4. The molecule has 3 rings (SSSR count). The number of halogens is 2. The topological polar surface area (TPSA) is 66.9 Å². The highest BCUT2D eigenvalue weighted by Crippen LogP contribution is 2.37. The van der Waals surface area contributed by atoms with Crippen LogP contribution in [0.1, 0.15) is 12.8 Å². The Morgan fingerprint density at radius 1 is 1.25 bits per heavy atom. The first-order valence-electron chi connectivity index (χ1n) is 7.71. The van der Waals surface area contributed by atoms with E-state index in [1.807, 2.05) is 0 Å². The summed E-state index contributed by atoms with van der Waals surface area (Å²) in [6.45, 7) is 2.76. The van der Waals surface area contributed by atoms with Crippen molar-refractivity contribution < 1.29 is 17.9 Å². The Labute approximate surface area is 155 Å². The average molecular weight is 413 g/mol. The number of ether oxygens (including phenoxy) is 1. The fraction of sp³-hybridized carbons (Fsp3) is 0.643. The summed E-state index contributed by atoms with van der Waals surface area (Å²) in [6, 6.07) is 1.37. The summed E-state index contributed by atoms with van der Waals surface area (Å²) >= 11 is 12.9. The molecule has 1 amide bonds. The molecule has 1 atom stereocenters. The molecule has 1 unspecified atom stereocenters. The number of thiophene rings is 1. The number of sulfonamides is 1. The summed E-state index contributed by atoms with van der Waals surface area (Å²) in [5, 5.41) is 0. The average Bonchev–Trinajstić information content (AvgIpc) is 2.94. The van der Waals surface area contributed by atoms with E-state index >= 15 is 0 Å². The van der Waals surface area contributed by atoms with Crippen molar-refractivity contribution in [3.8, 4) is 0 Å². The highest BCUT2D eigenvalue weighted by Gasteiger charge is 2.36. The van der Waals surface area contributed by atoms with Gasteiger partial charge in [0.1, 0.15) is 9.23 Å². The van der Waals surface area contributed by atoms with Crippen LogP contribution < -0.4 is 0 Å². The summed E-state index contributed by atoms with van der Waals surface area (Å²) in [7, 11) is -3.74. The van der Waals surface area contributed by atoms with Gasteiger partial charge < -0.3 is 9.64 Å². The molecule has 2 fully saturated rings. The van der Waals surface area contributed by atoms with Gasteiger partial charge in [-0.1, -0.05) is 23.2 Å². The van der Waals surface area contributed by atoms with Crippen molar-refractivity contribution in [1.82, 2.24) is 9.21 Å². The third kappa shape index (κ3) is 3.73. The zero-order valence-corrected chi connectivity index (χ0v) is 16.1. The molecule has 0 N–H and O–H groups in total. The predicted octanol–water partition coefficient (Wildman–Crippen LogP) is 2.31. The lowest BCUT2D eigenvalue weighted by atomic mass is 9.98. The molecule has 2 aliphatic rings. The summed E-state index contributed by atoms with van der Waals surface area (Å²) < 4.78 is 32.7. The highest BCUT2D eigenvalue weighted by atomic mass is 35.5. The van der Waals surface area contributed by atoms with E-state index in [0.717, 1.165) is 11.3 Å². The summed E-state index contributed by atoms with van der Waals surface area (Å²) in [4.78, 5) is 14.4. The van der Waals surface area contributed by atoms with Gasteiger partial charge in [-0.3, -0.25) is 4.79 Å². The normalized spacial score (nSPS) is 23.4. The maximum absolute atomic E-state index is 12.8. The van der Waals surface area contributed by atoms with E-state index in [0.29, 0.717) is 50.0 Å². The number of nitrogens with zero attached hydrogens (tertiary/aromatic N) is 2. The van der Waals surface area contributed by atoms with Crippen LogP contribution >= 0.6 is 34.5 Å². The Kier molecular flexibility index (Phi) is 5.73. The number of carbonyl (C=O) groups excluding carboxylic acids is 1. The minimum absolute atomic E-state index is 0.00708. The molecule has 1 aromatic rings. The van der Waals surface area contributed by atoms with Crippen LogP contribution in [0.4, 0.5) is 0 Å². The summed E-state index contributed by atoms with van der Waals surface area (Å²) in [6.07, 6.45) is 1.34. The van der Waals surface area contributed by atoms with Crippen LogP contribution in [0.2, 0.25) is 8.67 Å². The lowest BCUT2D eigenvalue weighted by molar-refractivity contribution is -0.140. The van der Waals surface area contributed by atoms with Crippen LogP contribution in [-0.2, 0) is 19.6 Å². The first-order valence-corrected chi connectivity index (χ1v) is 10.7. The molecule has 2 aliphatic heterocycles. The molecular weight excluding hydrogens is 395 g/mol. The van der Waals surface area contributed by atoms with Gasteiger partial charge in [0.15, 0.2) is 0 Å². The molecule has 1 aromatic heterocycles. The third-order valence-corrected chi connectivity index (χ3v) is 7.92. The Morgan fingerprint density at radius 2 is 1.96 bits per heavy atom. The van der Waals surface area contributed by atoms with Crippen molar-refractivity contribution in [2.24, 2.45) is 5.92 Å². The maximum atomic E-state index is 12.8. The number of rotatable bonds is 3. The van der Waals surface area contributed by atoms with Crippen LogP contribution in [0.3, 0.4) is 0 Å². The molecule has 0 bridgehead atoms. The fourth-order valence-electron chi connectivity index (χ4n) is 3.04. The minimum atomic E-state index is -3.74. The number of hydrogen-bond donors (Lipinski definition) is 0. The molecule has 0 saturated carbocycles. The molecular formula is C14H18Cl2N2O4S2. The lowest BCUT2D eigenvalue weighted by Crippen LogP contribution is -2.49. The van der Waals surface area contributed by atoms with E-state index in [1.165, 1.54) is 10.4 Å². The van der Waals surface area contributed by atoms with Gasteiger partial charge in [0.25, 0.3) is 0 Å². The standard InChI is InChI=1S/C14H18Cl2N2O4S2/c15-12-8-11(13(16)23-12)24(20,21)18-3-1-2-10(9-18)14(19)17-4-6-22-7-5-17/h8,10H,1-7,9H2. The number of piperidine rings is 1. The molecule has 10 heteroatoms. The highest BCUT2D eigenvalue weighted by molar-refractivity contribution is 7.89. The van der Waals surface area contributed by atoms with Crippen molar-refractivity contribution in [3.63, 3.8) is 0 Å². The maximum Gasteiger partial charge on any atom is 0.245 e. The lowest BCUT2D eigenvalue weighted by Gasteiger charge is -2.35. The molecule has 134 valence electrons. The van der Waals surface area contributed by atoms with E-state index < -0.39 is 10.0 Å². The van der Waals surface area contributed by atoms with E-state index in [-0.39, 0.29) is 27.6 Å². The van der Waals surface area contributed by atoms with E-state index in [2.05, 4.69) is 0 Å². The Balaban J connectivity index is 1.75. The second-order valence-corrected chi connectivity index (χ2v) is 10.0. The summed E-state index contributed by atoms with van der Waals surface area (Å²) in [5.74, 6) is -0.313. The second-order valence-electron chi connectivity index (χ2n) is 5.83. The molecule has 6 nitrogen and oxygen atoms in total. The van der Waals surface area contributed by atoms with E-state index in [4.69, 9.17) is 27.9 Å². The molecule has 0 aliphatic carbocycles. The van der Waals surface area contributed by atoms with Gasteiger partial charge in [-0.2, -0.15) is 4.31 Å². The quantitative estimate of drug-likeness (QED) is 0.763. The smallest absolute Gasteiger partial charge is 0.245 e. The second kappa shape index (κ2) is 7.47. The number of hydrogen-bond acceptors (Lipinski definition) is 5. The van der Waals surface area contributed by atoms with E-state index in [1.54, 1.807) is 4.90 Å². The van der Waals surface area contributed by atoms with Crippen molar-refractivity contribution in [2.75, 3.05) is 39.4 Å². The van der Waals surface area contributed by atoms with Crippen LogP contribution in [0.5, 0.6) is 0 Å². The zero-order valence-electron chi connectivity index (χ0n) is 12.9. The Morgan fingerprint density at radius 3 is 2.58 bits per heavy atom. The molecule has 0 spiro atoms. The SMILES string of the molecule is O=C(C1CCCN(S(=O)(=O)c2cc(Cl)sc2Cl)C1)N1CCOCC1. The number of amides is 1. The molecule has 0 aromatic carbocycles. The first kappa shape index (κ1) is 18.4. The van der Waals surface area contributed by atoms with Crippen molar-refractivity contribution >= 4 is 50.5 Å². The third-order valence-electron chi connectivity index (χ3n) is 4.30. The zero-order chi connectivity index (χ0) is 17.3. The summed E-state index contributed by atoms with van der Waals surface area (Å²) in [5.41, 5.74) is 0. The van der Waals surface area contributed by atoms with Gasteiger partial charge in [-0.05, 0) is 18.9 Å². The minimum Gasteiger partial charge on any atom is -0.378 e. The molecule has 3 heterocycles. The van der Waals surface area contributed by atoms with Gasteiger partial charge in [0.2, 0.25) is 15.9 Å². The van der Waals surface area contributed by atoms with Crippen LogP contribution in [-0.4, -0.2) is 62.9 Å². The number of carbonyl (C=O) groups is 1. The monoisotopic (exact) mass is 412 g/mol. The number of morpholine rings is 1. The molecule has 0 radical (unpaired) electrons. The fourth-order valence-corrected chi connectivity index (χ4v) is 6.68. The van der Waals surface area contributed by atoms with Gasteiger partial charge >= 0.3 is 0 Å². The molecule has 24 heavy (non-hydrogen) atoms. The van der Waals surface area contributed by atoms with Gasteiger partial charge in [0, 0.05) is 26.2 Å². The van der Waals surface area contributed by atoms with Crippen LogP contribution in [0.15, 0.2) is 11.0 Å². The predicted molar refractivity (Wildman–Crippen MR) is 93.2 cm³/mol. The van der Waals surface area contributed by atoms with Gasteiger partial charge in [0.05, 0.1) is 23.5 Å².